The molecule has 0 amide bonds. The monoisotopic (exact) mass is 443 g/mol. The molecule has 0 heterocycles. The molecule has 2 aliphatic rings. The van der Waals surface area contributed by atoms with Crippen molar-refractivity contribution in [1.29, 1.82) is 0 Å². The quantitative estimate of drug-likeness (QED) is 0.409. The number of anilines is 1. The number of benzene rings is 1. The third kappa shape index (κ3) is 5.34. The number of hydrogen-bond donors (Lipinski definition) is 2. The van der Waals surface area contributed by atoms with Crippen molar-refractivity contribution < 1.29 is 4.74 Å². The van der Waals surface area contributed by atoms with Gasteiger partial charge >= 0.3 is 0 Å². The van der Waals surface area contributed by atoms with Gasteiger partial charge < -0.3 is 15.8 Å². The van der Waals surface area contributed by atoms with Crippen LogP contribution in [-0.2, 0) is 17.6 Å². The standard InChI is InChI=1S/C19H29N3O.HI/c1-23-18-9-5-14(6-10-18)11-12-21-19(20)22-17-8-7-15-3-2-4-16(15)13-17;/h7-8,13-14,18H,2-6,9-12H2,1H3,(H3,20,21,22);1H. The highest BCUT2D eigenvalue weighted by Crippen LogP contribution is 2.28. The number of aryl methyl sites for hydroxylation is 2. The Morgan fingerprint density at radius 3 is 2.71 bits per heavy atom. The zero-order valence-electron chi connectivity index (χ0n) is 14.6. The van der Waals surface area contributed by atoms with Gasteiger partial charge in [-0.3, -0.25) is 4.99 Å². The number of guanidine groups is 1. The van der Waals surface area contributed by atoms with Gasteiger partial charge in [0.15, 0.2) is 5.96 Å². The highest BCUT2D eigenvalue weighted by molar-refractivity contribution is 14.0. The molecule has 0 bridgehead atoms. The molecule has 3 N–H and O–H groups in total. The van der Waals surface area contributed by atoms with Crippen LogP contribution in [0.1, 0.15) is 49.7 Å². The predicted molar refractivity (Wildman–Crippen MR) is 111 cm³/mol. The Morgan fingerprint density at radius 2 is 1.96 bits per heavy atom. The first-order valence-corrected chi connectivity index (χ1v) is 8.96. The largest absolute Gasteiger partial charge is 0.381 e. The van der Waals surface area contributed by atoms with Gasteiger partial charge in [0, 0.05) is 19.3 Å². The molecule has 0 aromatic heterocycles. The molecular formula is C19H30IN3O. The first-order chi connectivity index (χ1) is 11.2. The van der Waals surface area contributed by atoms with Crippen LogP contribution in [0.15, 0.2) is 23.2 Å². The van der Waals surface area contributed by atoms with Crippen molar-refractivity contribution in [2.45, 2.75) is 57.5 Å². The van der Waals surface area contributed by atoms with Crippen LogP contribution in [0.25, 0.3) is 0 Å². The first kappa shape index (κ1) is 19.5. The van der Waals surface area contributed by atoms with E-state index in [-0.39, 0.29) is 24.0 Å². The lowest BCUT2D eigenvalue weighted by Crippen LogP contribution is -2.24. The lowest BCUT2D eigenvalue weighted by molar-refractivity contribution is 0.0559. The smallest absolute Gasteiger partial charge is 0.193 e. The minimum absolute atomic E-state index is 0. The minimum atomic E-state index is 0. The van der Waals surface area contributed by atoms with Crippen molar-refractivity contribution in [2.24, 2.45) is 16.6 Å². The fraction of sp³-hybridized carbons (Fsp3) is 0.632. The van der Waals surface area contributed by atoms with E-state index in [0.717, 1.165) is 24.6 Å². The zero-order chi connectivity index (χ0) is 16.1. The summed E-state index contributed by atoms with van der Waals surface area (Å²) in [7, 11) is 1.82. The number of nitrogens with two attached hydrogens (primary N) is 1. The van der Waals surface area contributed by atoms with E-state index in [2.05, 4.69) is 28.5 Å². The van der Waals surface area contributed by atoms with Crippen LogP contribution in [-0.4, -0.2) is 25.7 Å². The number of nitrogens with zero attached hydrogens (tertiary/aromatic N) is 1. The molecule has 1 saturated carbocycles. The molecule has 5 heteroatoms. The lowest BCUT2D eigenvalue weighted by atomic mass is 9.85. The van der Waals surface area contributed by atoms with Crippen LogP contribution in [0.5, 0.6) is 0 Å². The summed E-state index contributed by atoms with van der Waals surface area (Å²) in [6.45, 7) is 0.812. The second-order valence-electron chi connectivity index (χ2n) is 6.90. The van der Waals surface area contributed by atoms with Gasteiger partial charge in [-0.25, -0.2) is 0 Å². The number of fused-ring (bicyclic) bond motifs is 1. The Labute approximate surface area is 162 Å². The minimum Gasteiger partial charge on any atom is -0.381 e. The van der Waals surface area contributed by atoms with Gasteiger partial charge in [0.05, 0.1) is 6.10 Å². The second kappa shape index (κ2) is 9.61. The van der Waals surface area contributed by atoms with Crippen molar-refractivity contribution in [2.75, 3.05) is 19.0 Å². The summed E-state index contributed by atoms with van der Waals surface area (Å²) >= 11 is 0. The zero-order valence-corrected chi connectivity index (χ0v) is 16.9. The third-order valence-corrected chi connectivity index (χ3v) is 5.32. The second-order valence-corrected chi connectivity index (χ2v) is 6.90. The molecule has 0 atom stereocenters. The third-order valence-electron chi connectivity index (χ3n) is 5.32. The fourth-order valence-electron chi connectivity index (χ4n) is 3.86. The topological polar surface area (TPSA) is 59.6 Å². The van der Waals surface area contributed by atoms with E-state index in [1.807, 2.05) is 7.11 Å². The molecule has 1 fully saturated rings. The van der Waals surface area contributed by atoms with Gasteiger partial charge in [-0.2, -0.15) is 0 Å². The normalized spacial score (nSPS) is 23.5. The van der Waals surface area contributed by atoms with Crippen LogP contribution in [0, 0.1) is 5.92 Å². The average molecular weight is 443 g/mol. The number of halogens is 1. The molecule has 134 valence electrons. The number of hydrogen-bond acceptors (Lipinski definition) is 2. The number of methoxy groups -OCH3 is 1. The Hall–Kier alpha value is -0.820. The Bertz CT molecular complexity index is 554. The van der Waals surface area contributed by atoms with Crippen LogP contribution in [0.4, 0.5) is 5.69 Å². The predicted octanol–water partition coefficient (Wildman–Crippen LogP) is 4.12. The molecule has 1 aromatic rings. The van der Waals surface area contributed by atoms with Crippen molar-refractivity contribution >= 4 is 35.6 Å². The number of aliphatic imine (C=N–C) groups is 1. The van der Waals surface area contributed by atoms with Gasteiger partial charge in [0.1, 0.15) is 0 Å². The first-order valence-electron chi connectivity index (χ1n) is 8.96. The molecular weight excluding hydrogens is 413 g/mol. The maximum Gasteiger partial charge on any atom is 0.193 e. The average Bonchev–Trinajstić information content (AvgIpc) is 3.03. The molecule has 1 aromatic carbocycles. The van der Waals surface area contributed by atoms with E-state index in [1.165, 1.54) is 56.1 Å². The Morgan fingerprint density at radius 1 is 1.21 bits per heavy atom. The fourth-order valence-corrected chi connectivity index (χ4v) is 3.86. The van der Waals surface area contributed by atoms with Crippen molar-refractivity contribution in [3.05, 3.63) is 29.3 Å². The van der Waals surface area contributed by atoms with E-state index in [1.54, 1.807) is 0 Å². The Balaban J connectivity index is 0.00000208. The molecule has 0 aliphatic heterocycles. The van der Waals surface area contributed by atoms with E-state index in [9.17, 15) is 0 Å². The summed E-state index contributed by atoms with van der Waals surface area (Å²) in [5, 5.41) is 3.23. The van der Waals surface area contributed by atoms with E-state index < -0.39 is 0 Å². The highest BCUT2D eigenvalue weighted by Gasteiger charge is 2.20. The van der Waals surface area contributed by atoms with E-state index in [0.29, 0.717) is 12.1 Å². The van der Waals surface area contributed by atoms with Gasteiger partial charge in [-0.15, -0.1) is 24.0 Å². The van der Waals surface area contributed by atoms with Crippen LogP contribution >= 0.6 is 24.0 Å². The number of nitrogens with one attached hydrogen (secondary N) is 1. The van der Waals surface area contributed by atoms with Crippen molar-refractivity contribution in [3.8, 4) is 0 Å². The van der Waals surface area contributed by atoms with Gasteiger partial charge in [0.25, 0.3) is 0 Å². The summed E-state index contributed by atoms with van der Waals surface area (Å²) in [5.74, 6) is 1.31. The molecule has 0 unspecified atom stereocenters. The van der Waals surface area contributed by atoms with Crippen LogP contribution < -0.4 is 11.1 Å². The lowest BCUT2D eigenvalue weighted by Gasteiger charge is -2.27. The van der Waals surface area contributed by atoms with Crippen LogP contribution in [0.2, 0.25) is 0 Å². The SMILES string of the molecule is COC1CCC(CCN=C(N)Nc2ccc3c(c2)CCC3)CC1.I. The van der Waals surface area contributed by atoms with Crippen LogP contribution in [0.3, 0.4) is 0 Å². The maximum atomic E-state index is 6.03. The summed E-state index contributed by atoms with van der Waals surface area (Å²) < 4.78 is 5.42. The molecule has 0 spiro atoms. The van der Waals surface area contributed by atoms with E-state index in [4.69, 9.17) is 10.5 Å². The summed E-state index contributed by atoms with van der Waals surface area (Å²) in [5.41, 5.74) is 10.0. The van der Waals surface area contributed by atoms with Crippen molar-refractivity contribution in [3.63, 3.8) is 0 Å². The number of ether oxygens (including phenoxy) is 1. The van der Waals surface area contributed by atoms with E-state index >= 15 is 0 Å². The summed E-state index contributed by atoms with van der Waals surface area (Å²) in [4.78, 5) is 4.50. The molecule has 3 rings (SSSR count). The van der Waals surface area contributed by atoms with Gasteiger partial charge in [0.2, 0.25) is 0 Å². The summed E-state index contributed by atoms with van der Waals surface area (Å²) in [6.07, 6.45) is 10.2. The molecule has 0 radical (unpaired) electrons. The molecule has 4 nitrogen and oxygen atoms in total. The maximum absolute atomic E-state index is 6.03. The molecule has 2 aliphatic carbocycles. The molecule has 24 heavy (non-hydrogen) atoms. The Kier molecular flexibility index (Phi) is 7.81. The highest BCUT2D eigenvalue weighted by atomic mass is 127. The molecule has 0 saturated heterocycles. The van der Waals surface area contributed by atoms with Crippen molar-refractivity contribution in [1.82, 2.24) is 0 Å². The summed E-state index contributed by atoms with van der Waals surface area (Å²) in [6, 6.07) is 6.54. The van der Waals surface area contributed by atoms with Gasteiger partial charge in [-0.05, 0) is 80.5 Å². The van der Waals surface area contributed by atoms with Gasteiger partial charge in [-0.1, -0.05) is 6.07 Å². The number of rotatable bonds is 5.